The van der Waals surface area contributed by atoms with Crippen LogP contribution >= 0.6 is 0 Å². The predicted molar refractivity (Wildman–Crippen MR) is 62.6 cm³/mol. The van der Waals surface area contributed by atoms with Gasteiger partial charge in [0.25, 0.3) is 0 Å². The molecule has 14 heavy (non-hydrogen) atoms. The van der Waals surface area contributed by atoms with Gasteiger partial charge in [-0.3, -0.25) is 0 Å². The number of ether oxygens (including phenoxy) is 1. The van der Waals surface area contributed by atoms with E-state index in [2.05, 4.69) is 18.8 Å². The van der Waals surface area contributed by atoms with Gasteiger partial charge < -0.3 is 10.1 Å². The fraction of sp³-hybridized carbons (Fsp3) is 0.833. The molecule has 0 spiro atoms. The highest BCUT2D eigenvalue weighted by atomic mass is 16.5. The van der Waals surface area contributed by atoms with Crippen LogP contribution < -0.4 is 5.32 Å². The van der Waals surface area contributed by atoms with Gasteiger partial charge in [0.1, 0.15) is 0 Å². The first-order valence-corrected chi connectivity index (χ1v) is 5.61. The molecule has 2 heteroatoms. The van der Waals surface area contributed by atoms with Crippen molar-refractivity contribution in [2.75, 3.05) is 14.2 Å². The summed E-state index contributed by atoms with van der Waals surface area (Å²) in [5.74, 6) is 0. The van der Waals surface area contributed by atoms with E-state index in [1.54, 1.807) is 7.11 Å². The zero-order valence-electron chi connectivity index (χ0n) is 9.88. The zero-order valence-corrected chi connectivity index (χ0v) is 9.88. The molecule has 0 aliphatic heterocycles. The topological polar surface area (TPSA) is 21.3 Å². The van der Waals surface area contributed by atoms with Gasteiger partial charge >= 0.3 is 0 Å². The fourth-order valence-corrected chi connectivity index (χ4v) is 1.77. The zero-order chi connectivity index (χ0) is 10.8. The number of rotatable bonds is 9. The third kappa shape index (κ3) is 5.40. The second-order valence-electron chi connectivity index (χ2n) is 3.68. The third-order valence-electron chi connectivity index (χ3n) is 2.62. The van der Waals surface area contributed by atoms with Crippen molar-refractivity contribution in [1.29, 1.82) is 0 Å². The molecule has 0 aliphatic rings. The highest BCUT2D eigenvalue weighted by Crippen LogP contribution is 2.12. The SMILES string of the molecule is C=CCCCC(NC)C(CCC)OC. The molecule has 84 valence electrons. The number of unbranched alkanes of at least 4 members (excludes halogenated alkanes) is 1. The van der Waals surface area contributed by atoms with E-state index >= 15 is 0 Å². The molecule has 2 nitrogen and oxygen atoms in total. The summed E-state index contributed by atoms with van der Waals surface area (Å²) in [6.07, 6.45) is 8.11. The maximum Gasteiger partial charge on any atom is 0.0724 e. The molecule has 1 N–H and O–H groups in total. The molecule has 0 aromatic heterocycles. The summed E-state index contributed by atoms with van der Waals surface area (Å²) in [4.78, 5) is 0. The summed E-state index contributed by atoms with van der Waals surface area (Å²) in [5, 5.41) is 3.34. The summed E-state index contributed by atoms with van der Waals surface area (Å²) in [6, 6.07) is 0.486. The van der Waals surface area contributed by atoms with Crippen molar-refractivity contribution in [3.05, 3.63) is 12.7 Å². The molecular weight excluding hydrogens is 174 g/mol. The van der Waals surface area contributed by atoms with E-state index in [4.69, 9.17) is 4.74 Å². The summed E-state index contributed by atoms with van der Waals surface area (Å²) >= 11 is 0. The highest BCUT2D eigenvalue weighted by Gasteiger charge is 2.17. The molecule has 2 unspecified atom stereocenters. The molecule has 2 atom stereocenters. The van der Waals surface area contributed by atoms with Crippen molar-refractivity contribution in [1.82, 2.24) is 5.32 Å². The molecule has 0 radical (unpaired) electrons. The highest BCUT2D eigenvalue weighted by molar-refractivity contribution is 4.77. The summed E-state index contributed by atoms with van der Waals surface area (Å²) in [5.41, 5.74) is 0. The van der Waals surface area contributed by atoms with Crippen LogP contribution in [0.4, 0.5) is 0 Å². The average molecular weight is 199 g/mol. The minimum absolute atomic E-state index is 0.356. The lowest BCUT2D eigenvalue weighted by Crippen LogP contribution is -2.38. The van der Waals surface area contributed by atoms with Gasteiger partial charge in [-0.2, -0.15) is 0 Å². The molecular formula is C12H25NO. The third-order valence-corrected chi connectivity index (χ3v) is 2.62. The number of methoxy groups -OCH3 is 1. The minimum Gasteiger partial charge on any atom is -0.380 e. The van der Waals surface area contributed by atoms with Gasteiger partial charge in [0.2, 0.25) is 0 Å². The lowest BCUT2D eigenvalue weighted by Gasteiger charge is -2.25. The maximum atomic E-state index is 5.49. The van der Waals surface area contributed by atoms with Gasteiger partial charge in [0.15, 0.2) is 0 Å². The Morgan fingerprint density at radius 3 is 2.57 bits per heavy atom. The summed E-state index contributed by atoms with van der Waals surface area (Å²) in [7, 11) is 3.82. The lowest BCUT2D eigenvalue weighted by molar-refractivity contribution is 0.0600. The van der Waals surface area contributed by atoms with Gasteiger partial charge in [-0.05, 0) is 32.7 Å². The first-order chi connectivity index (χ1) is 6.79. The Morgan fingerprint density at radius 2 is 2.14 bits per heavy atom. The van der Waals surface area contributed by atoms with Crippen molar-refractivity contribution >= 4 is 0 Å². The van der Waals surface area contributed by atoms with Crippen molar-refractivity contribution in [3.63, 3.8) is 0 Å². The van der Waals surface area contributed by atoms with Gasteiger partial charge in [0, 0.05) is 13.2 Å². The number of hydrogen-bond acceptors (Lipinski definition) is 2. The van der Waals surface area contributed by atoms with Crippen LogP contribution in [0.15, 0.2) is 12.7 Å². The molecule has 0 heterocycles. The van der Waals surface area contributed by atoms with Crippen LogP contribution in [-0.4, -0.2) is 26.3 Å². The largest absolute Gasteiger partial charge is 0.380 e. The smallest absolute Gasteiger partial charge is 0.0724 e. The Bertz CT molecular complexity index is 136. The molecule has 0 aliphatic carbocycles. The van der Waals surface area contributed by atoms with E-state index in [9.17, 15) is 0 Å². The minimum atomic E-state index is 0.356. The number of allylic oxidation sites excluding steroid dienone is 1. The van der Waals surface area contributed by atoms with Crippen molar-refractivity contribution in [2.24, 2.45) is 0 Å². The molecule has 0 saturated heterocycles. The van der Waals surface area contributed by atoms with Crippen LogP contribution in [0.25, 0.3) is 0 Å². The second kappa shape index (κ2) is 9.22. The van der Waals surface area contributed by atoms with Crippen molar-refractivity contribution in [2.45, 2.75) is 51.2 Å². The van der Waals surface area contributed by atoms with E-state index in [0.29, 0.717) is 12.1 Å². The quantitative estimate of drug-likeness (QED) is 0.455. The average Bonchev–Trinajstić information content (AvgIpc) is 2.22. The molecule has 0 amide bonds. The molecule has 0 aromatic rings. The monoisotopic (exact) mass is 199 g/mol. The first kappa shape index (κ1) is 13.7. The van der Waals surface area contributed by atoms with Crippen LogP contribution in [0.2, 0.25) is 0 Å². The van der Waals surface area contributed by atoms with Crippen LogP contribution in [0.1, 0.15) is 39.0 Å². The van der Waals surface area contributed by atoms with Gasteiger partial charge in [-0.15, -0.1) is 6.58 Å². The fourth-order valence-electron chi connectivity index (χ4n) is 1.77. The first-order valence-electron chi connectivity index (χ1n) is 5.61. The van der Waals surface area contributed by atoms with E-state index in [0.717, 1.165) is 12.8 Å². The van der Waals surface area contributed by atoms with Gasteiger partial charge in [-0.1, -0.05) is 19.4 Å². The molecule has 0 rings (SSSR count). The Labute approximate surface area is 88.7 Å². The maximum absolute atomic E-state index is 5.49. The Balaban J connectivity index is 3.87. The van der Waals surface area contributed by atoms with E-state index < -0.39 is 0 Å². The Hall–Kier alpha value is -0.340. The number of hydrogen-bond donors (Lipinski definition) is 1. The van der Waals surface area contributed by atoms with E-state index in [1.807, 2.05) is 13.1 Å². The lowest BCUT2D eigenvalue weighted by atomic mass is 10.0. The van der Waals surface area contributed by atoms with Gasteiger partial charge in [0.05, 0.1) is 6.10 Å². The Morgan fingerprint density at radius 1 is 1.43 bits per heavy atom. The van der Waals surface area contributed by atoms with Crippen LogP contribution in [-0.2, 0) is 4.74 Å². The molecule has 0 saturated carbocycles. The molecule has 0 aromatic carbocycles. The normalized spacial score (nSPS) is 15.1. The van der Waals surface area contributed by atoms with Crippen LogP contribution in [0.5, 0.6) is 0 Å². The standard InChI is InChI=1S/C12H25NO/c1-5-7-8-10-11(13-3)12(14-4)9-6-2/h5,11-13H,1,6-10H2,2-4H3. The van der Waals surface area contributed by atoms with Crippen molar-refractivity contribution in [3.8, 4) is 0 Å². The predicted octanol–water partition coefficient (Wildman–Crippen LogP) is 2.75. The van der Waals surface area contributed by atoms with E-state index in [-0.39, 0.29) is 0 Å². The van der Waals surface area contributed by atoms with Crippen molar-refractivity contribution < 1.29 is 4.74 Å². The Kier molecular flexibility index (Phi) is 9.00. The van der Waals surface area contributed by atoms with Crippen LogP contribution in [0, 0.1) is 0 Å². The molecule has 0 fully saturated rings. The van der Waals surface area contributed by atoms with E-state index in [1.165, 1.54) is 19.3 Å². The number of likely N-dealkylation sites (N-methyl/N-ethyl adjacent to an activating group) is 1. The molecule has 0 bridgehead atoms. The number of nitrogens with one attached hydrogen (secondary N) is 1. The van der Waals surface area contributed by atoms with Gasteiger partial charge in [-0.25, -0.2) is 0 Å². The van der Waals surface area contributed by atoms with Crippen LogP contribution in [0.3, 0.4) is 0 Å². The summed E-state index contributed by atoms with van der Waals surface area (Å²) in [6.45, 7) is 5.93. The second-order valence-corrected chi connectivity index (χ2v) is 3.68. The summed E-state index contributed by atoms with van der Waals surface area (Å²) < 4.78 is 5.49.